The molecule has 2 aromatic heterocycles. The van der Waals surface area contributed by atoms with Crippen molar-refractivity contribution in [2.75, 3.05) is 0 Å². The number of nitriles is 1. The van der Waals surface area contributed by atoms with Gasteiger partial charge < -0.3 is 9.13 Å². The fourth-order valence-electron chi connectivity index (χ4n) is 7.85. The van der Waals surface area contributed by atoms with Gasteiger partial charge in [0, 0.05) is 32.7 Å². The highest BCUT2D eigenvalue weighted by molar-refractivity contribution is 6.13. The molecule has 0 atom stereocenters. The van der Waals surface area contributed by atoms with Crippen LogP contribution in [0.15, 0.2) is 103 Å². The van der Waals surface area contributed by atoms with Crippen LogP contribution in [0.2, 0.25) is 0 Å². The number of hydrogen-bond donors (Lipinski definition) is 0. The Hall–Kier alpha value is -6.85. The van der Waals surface area contributed by atoms with E-state index in [2.05, 4.69) is 0 Å². The Kier molecular flexibility index (Phi) is 9.63. The lowest BCUT2D eigenvalue weighted by atomic mass is 9.89. The maximum absolute atomic E-state index is 15.2. The van der Waals surface area contributed by atoms with E-state index in [4.69, 9.17) is 0 Å². The zero-order valence-electron chi connectivity index (χ0n) is 31.0. The van der Waals surface area contributed by atoms with Crippen LogP contribution < -0.4 is 0 Å². The summed E-state index contributed by atoms with van der Waals surface area (Å²) in [6, 6.07) is 9.76. The monoisotopic (exact) mass is 917 g/mol. The van der Waals surface area contributed by atoms with Crippen LogP contribution in [0.25, 0.3) is 66.1 Å². The summed E-state index contributed by atoms with van der Waals surface area (Å²) in [5, 5.41) is 7.74. The summed E-state index contributed by atoms with van der Waals surface area (Å²) >= 11 is 0. The van der Waals surface area contributed by atoms with Crippen LogP contribution in [-0.2, 0) is 37.1 Å². The first-order chi connectivity index (χ1) is 29.5. The lowest BCUT2D eigenvalue weighted by Crippen LogP contribution is -2.16. The smallest absolute Gasteiger partial charge is 0.308 e. The minimum absolute atomic E-state index is 0.213. The van der Waals surface area contributed by atoms with Gasteiger partial charge in [-0.2, -0.15) is 84.3 Å². The third-order valence-electron chi connectivity index (χ3n) is 10.5. The number of hydrogen-bond acceptors (Lipinski definition) is 1. The molecule has 3 nitrogen and oxygen atoms in total. The van der Waals surface area contributed by atoms with Crippen molar-refractivity contribution in [1.82, 2.24) is 9.13 Å². The van der Waals surface area contributed by atoms with Crippen molar-refractivity contribution in [1.29, 1.82) is 5.26 Å². The summed E-state index contributed by atoms with van der Waals surface area (Å²) in [6.07, 6.45) is -32.0. The van der Waals surface area contributed by atoms with E-state index in [0.29, 0.717) is 91.0 Å². The van der Waals surface area contributed by atoms with Gasteiger partial charge in [-0.05, 0) is 97.1 Å². The number of aromatic nitrogens is 2. The highest BCUT2D eigenvalue weighted by atomic mass is 19.4. The van der Waals surface area contributed by atoms with Crippen molar-refractivity contribution >= 4 is 43.6 Å². The molecule has 0 radical (unpaired) electrons. The molecule has 0 bridgehead atoms. The number of fused-ring (bicyclic) bond motifs is 6. The average molecular weight is 918 g/mol. The number of rotatable bonds is 3. The molecule has 2 heterocycles. The van der Waals surface area contributed by atoms with Crippen LogP contribution in [0.3, 0.4) is 0 Å². The molecule has 6 aromatic carbocycles. The molecular weight excluding hydrogens is 900 g/mol. The van der Waals surface area contributed by atoms with Crippen LogP contribution in [0.4, 0.5) is 79.0 Å². The molecule has 0 unspecified atom stereocenters. The third kappa shape index (κ3) is 7.27. The Morgan fingerprint density at radius 2 is 0.625 bits per heavy atom. The zero-order chi connectivity index (χ0) is 46.9. The lowest BCUT2D eigenvalue weighted by molar-refractivity contribution is -0.142. The van der Waals surface area contributed by atoms with E-state index in [1.54, 1.807) is 6.07 Å². The van der Waals surface area contributed by atoms with Gasteiger partial charge in [-0.15, -0.1) is 0 Å². The zero-order valence-corrected chi connectivity index (χ0v) is 31.0. The predicted molar refractivity (Wildman–Crippen MR) is 195 cm³/mol. The summed E-state index contributed by atoms with van der Waals surface area (Å²) in [5.41, 5.74) is -17.4. The molecule has 0 N–H and O–H groups in total. The van der Waals surface area contributed by atoms with E-state index in [0.717, 1.165) is 9.13 Å². The molecule has 64 heavy (non-hydrogen) atoms. The van der Waals surface area contributed by atoms with Crippen molar-refractivity contribution in [3.8, 4) is 28.6 Å². The van der Waals surface area contributed by atoms with Gasteiger partial charge in [0.1, 0.15) is 0 Å². The molecule has 0 spiro atoms. The molecule has 0 fully saturated rings. The van der Waals surface area contributed by atoms with Gasteiger partial charge in [0.2, 0.25) is 0 Å². The highest BCUT2D eigenvalue weighted by Gasteiger charge is 2.44. The molecule has 21 heteroatoms. The first kappa shape index (κ1) is 43.8. The Morgan fingerprint density at radius 3 is 0.859 bits per heavy atom. The molecule has 0 aliphatic carbocycles. The summed E-state index contributed by atoms with van der Waals surface area (Å²) < 4.78 is 262. The van der Waals surface area contributed by atoms with Gasteiger partial charge in [0.15, 0.2) is 0 Å². The number of nitrogens with zero attached hydrogens (tertiary/aromatic N) is 3. The summed E-state index contributed by atoms with van der Waals surface area (Å²) in [4.78, 5) is 0. The van der Waals surface area contributed by atoms with E-state index in [1.807, 2.05) is 0 Å². The van der Waals surface area contributed by atoms with Gasteiger partial charge in [-0.25, -0.2) is 0 Å². The summed E-state index contributed by atoms with van der Waals surface area (Å²) in [5.74, 6) is 0. The SMILES string of the molecule is N#Cc1cc(-n2c3ccc(C(F)(F)F)cc3c3cc(C(F)(F)F)ccc32)c(-c2c(C(F)(F)F)cccc2C(F)(F)F)c(-n2c3ccc(C(F)(F)F)cc3c3cc(C(F)(F)F)ccc32)c1. The van der Waals surface area contributed by atoms with Crippen LogP contribution in [0.5, 0.6) is 0 Å². The molecule has 0 amide bonds. The standard InChI is InChI=1S/C43H17F18N3/c44-38(45,46)20-4-8-30-24(14-20)25-15-21(39(47,48)49)5-9-31(25)63(30)34-12-19(18-62)13-35(37(34)36-28(42(56,57)58)2-1-3-29(36)43(59,60)61)64-32-10-6-22(40(50,51)52)16-26(32)27-17-23(41(53,54)55)7-11-33(27)64/h1-17H. The Morgan fingerprint density at radius 1 is 0.344 bits per heavy atom. The minimum atomic E-state index is -5.70. The topological polar surface area (TPSA) is 33.6 Å². The molecule has 8 aromatic rings. The van der Waals surface area contributed by atoms with Crippen molar-refractivity contribution in [2.45, 2.75) is 37.1 Å². The Balaban J connectivity index is 1.67. The lowest BCUT2D eigenvalue weighted by Gasteiger charge is -2.25. The van der Waals surface area contributed by atoms with Gasteiger partial charge in [-0.3, -0.25) is 0 Å². The van der Waals surface area contributed by atoms with Crippen molar-refractivity contribution in [3.63, 3.8) is 0 Å². The van der Waals surface area contributed by atoms with Crippen LogP contribution in [0, 0.1) is 11.3 Å². The summed E-state index contributed by atoms with van der Waals surface area (Å²) in [6.45, 7) is 0. The second-order valence-corrected chi connectivity index (χ2v) is 14.3. The fraction of sp³-hybridized carbons (Fsp3) is 0.140. The first-order valence-electron chi connectivity index (χ1n) is 17.8. The quantitative estimate of drug-likeness (QED) is 0.163. The van der Waals surface area contributed by atoms with Crippen LogP contribution in [0.1, 0.15) is 38.9 Å². The number of alkyl halides is 18. The normalized spacial score (nSPS) is 13.5. The van der Waals surface area contributed by atoms with E-state index in [-0.39, 0.29) is 12.1 Å². The van der Waals surface area contributed by atoms with Crippen LogP contribution >= 0.6 is 0 Å². The second kappa shape index (κ2) is 14.1. The van der Waals surface area contributed by atoms with Crippen molar-refractivity contribution in [2.24, 2.45) is 0 Å². The molecule has 330 valence electrons. The van der Waals surface area contributed by atoms with Crippen LogP contribution in [-0.4, -0.2) is 9.13 Å². The van der Waals surface area contributed by atoms with Crippen molar-refractivity contribution in [3.05, 3.63) is 142 Å². The van der Waals surface area contributed by atoms with Gasteiger partial charge >= 0.3 is 37.1 Å². The average Bonchev–Trinajstić information content (AvgIpc) is 3.69. The summed E-state index contributed by atoms with van der Waals surface area (Å²) in [7, 11) is 0. The first-order valence-corrected chi connectivity index (χ1v) is 17.8. The maximum atomic E-state index is 15.2. The molecule has 0 saturated carbocycles. The molecular formula is C43H17F18N3. The van der Waals surface area contributed by atoms with E-state index < -0.39 is 142 Å². The second-order valence-electron chi connectivity index (χ2n) is 14.3. The molecule has 8 rings (SSSR count). The number of benzene rings is 6. The fourth-order valence-corrected chi connectivity index (χ4v) is 7.85. The molecule has 0 aliphatic rings. The van der Waals surface area contributed by atoms with E-state index in [1.165, 1.54) is 0 Å². The third-order valence-corrected chi connectivity index (χ3v) is 10.5. The minimum Gasteiger partial charge on any atom is -0.308 e. The van der Waals surface area contributed by atoms with Gasteiger partial charge in [0.05, 0.1) is 78.5 Å². The Labute approximate surface area is 344 Å². The largest absolute Gasteiger partial charge is 0.417 e. The molecule has 0 saturated heterocycles. The van der Waals surface area contributed by atoms with E-state index in [9.17, 15) is 57.9 Å². The number of halogens is 18. The highest BCUT2D eigenvalue weighted by Crippen LogP contribution is 2.51. The maximum Gasteiger partial charge on any atom is 0.417 e. The molecule has 0 aliphatic heterocycles. The Bertz CT molecular complexity index is 2910. The van der Waals surface area contributed by atoms with Gasteiger partial charge in [-0.1, -0.05) is 6.07 Å². The van der Waals surface area contributed by atoms with Crippen molar-refractivity contribution < 1.29 is 79.0 Å². The van der Waals surface area contributed by atoms with E-state index >= 15 is 26.3 Å². The van der Waals surface area contributed by atoms with Gasteiger partial charge in [0.25, 0.3) is 0 Å². The predicted octanol–water partition coefficient (Wildman–Crippen LogP) is 15.5.